The minimum Gasteiger partial charge on any atom is -0.507 e. The standard InChI is InChI=1S/C20H23N5O4S/c1-4-24(5-2)30(29)17-10-14(15(26)11-16(17)27)19-22-23-20(18(21)28)25(19)13-8-6-12(3)7-9-13/h6-11,26-27H,4-5H2,1-3H3,(H2,21,28). The molecule has 0 saturated heterocycles. The van der Waals surface area contributed by atoms with Crippen LogP contribution >= 0.6 is 0 Å². The Kier molecular flexibility index (Phi) is 6.18. The first-order valence-corrected chi connectivity index (χ1v) is 10.4. The van der Waals surface area contributed by atoms with Crippen molar-refractivity contribution in [3.63, 3.8) is 0 Å². The van der Waals surface area contributed by atoms with Gasteiger partial charge >= 0.3 is 0 Å². The summed E-state index contributed by atoms with van der Waals surface area (Å²) in [5, 5.41) is 28.7. The van der Waals surface area contributed by atoms with E-state index in [1.807, 2.05) is 32.9 Å². The van der Waals surface area contributed by atoms with E-state index in [9.17, 15) is 19.2 Å². The number of primary amides is 1. The van der Waals surface area contributed by atoms with Crippen molar-refractivity contribution in [3.8, 4) is 28.6 Å². The Hall–Kier alpha value is -3.24. The van der Waals surface area contributed by atoms with E-state index in [2.05, 4.69) is 10.2 Å². The molecule has 3 rings (SSSR count). The number of benzene rings is 2. The number of aromatic nitrogens is 3. The molecule has 1 aromatic heterocycles. The van der Waals surface area contributed by atoms with Crippen LogP contribution < -0.4 is 5.73 Å². The summed E-state index contributed by atoms with van der Waals surface area (Å²) in [4.78, 5) is 12.0. The van der Waals surface area contributed by atoms with Crippen LogP contribution in [0, 0.1) is 6.92 Å². The molecular weight excluding hydrogens is 406 g/mol. The third-order valence-electron chi connectivity index (χ3n) is 4.62. The number of hydrogen-bond donors (Lipinski definition) is 3. The van der Waals surface area contributed by atoms with E-state index < -0.39 is 16.9 Å². The first kappa shape index (κ1) is 21.5. The van der Waals surface area contributed by atoms with Gasteiger partial charge in [0, 0.05) is 24.8 Å². The van der Waals surface area contributed by atoms with E-state index >= 15 is 0 Å². The minimum absolute atomic E-state index is 0.116. The highest BCUT2D eigenvalue weighted by Gasteiger charge is 2.25. The average molecular weight is 430 g/mol. The second-order valence-electron chi connectivity index (χ2n) is 6.58. The first-order valence-electron chi connectivity index (χ1n) is 9.33. The van der Waals surface area contributed by atoms with Gasteiger partial charge in [-0.2, -0.15) is 0 Å². The zero-order valence-electron chi connectivity index (χ0n) is 16.9. The molecule has 1 heterocycles. The lowest BCUT2D eigenvalue weighted by molar-refractivity contribution is 0.0988. The van der Waals surface area contributed by atoms with E-state index in [-0.39, 0.29) is 33.6 Å². The Morgan fingerprint density at radius 2 is 1.73 bits per heavy atom. The summed E-state index contributed by atoms with van der Waals surface area (Å²) in [7, 11) is -1.66. The third-order valence-corrected chi connectivity index (χ3v) is 6.31. The van der Waals surface area contributed by atoms with Crippen molar-refractivity contribution in [2.24, 2.45) is 5.73 Å². The molecule has 9 nitrogen and oxygen atoms in total. The third kappa shape index (κ3) is 3.91. The van der Waals surface area contributed by atoms with Crippen LogP contribution in [0.3, 0.4) is 0 Å². The maximum Gasteiger partial charge on any atom is 0.287 e. The van der Waals surface area contributed by atoms with Crippen LogP contribution in [0.2, 0.25) is 0 Å². The number of nitrogens with zero attached hydrogens (tertiary/aromatic N) is 4. The van der Waals surface area contributed by atoms with Crippen molar-refractivity contribution in [1.29, 1.82) is 0 Å². The van der Waals surface area contributed by atoms with Gasteiger partial charge < -0.3 is 15.9 Å². The van der Waals surface area contributed by atoms with Crippen LogP contribution in [0.25, 0.3) is 17.1 Å². The summed E-state index contributed by atoms with van der Waals surface area (Å²) in [6.07, 6.45) is 0. The van der Waals surface area contributed by atoms with Gasteiger partial charge in [-0.3, -0.25) is 9.36 Å². The van der Waals surface area contributed by atoms with Crippen LogP contribution in [-0.4, -0.2) is 52.5 Å². The van der Waals surface area contributed by atoms with Crippen molar-refractivity contribution in [3.05, 3.63) is 47.8 Å². The molecule has 158 valence electrons. The molecule has 2 aromatic carbocycles. The normalized spacial score (nSPS) is 12.3. The molecule has 1 unspecified atom stereocenters. The van der Waals surface area contributed by atoms with Gasteiger partial charge in [-0.25, -0.2) is 8.51 Å². The SMILES string of the molecule is CCN(CC)S(=O)c1cc(-c2nnc(C(N)=O)n2-c2ccc(C)cc2)c(O)cc1O. The quantitative estimate of drug-likeness (QED) is 0.527. The fraction of sp³-hybridized carbons (Fsp3) is 0.250. The Bertz CT molecular complexity index is 1110. The summed E-state index contributed by atoms with van der Waals surface area (Å²) in [6, 6.07) is 9.72. The maximum absolute atomic E-state index is 12.9. The molecule has 0 aliphatic heterocycles. The fourth-order valence-electron chi connectivity index (χ4n) is 3.03. The van der Waals surface area contributed by atoms with Gasteiger partial charge in [-0.1, -0.05) is 31.5 Å². The summed E-state index contributed by atoms with van der Waals surface area (Å²) < 4.78 is 16.0. The van der Waals surface area contributed by atoms with Crippen LogP contribution in [-0.2, 0) is 11.0 Å². The number of nitrogens with two attached hydrogens (primary N) is 1. The predicted molar refractivity (Wildman–Crippen MR) is 113 cm³/mol. The molecule has 4 N–H and O–H groups in total. The summed E-state index contributed by atoms with van der Waals surface area (Å²) in [5.74, 6) is -1.39. The van der Waals surface area contributed by atoms with Crippen molar-refractivity contribution in [2.45, 2.75) is 25.7 Å². The van der Waals surface area contributed by atoms with Gasteiger partial charge in [-0.05, 0) is 25.1 Å². The highest BCUT2D eigenvalue weighted by Crippen LogP contribution is 2.37. The van der Waals surface area contributed by atoms with Crippen LogP contribution in [0.15, 0.2) is 41.3 Å². The molecule has 0 radical (unpaired) electrons. The first-order chi connectivity index (χ1) is 14.3. The molecule has 1 atom stereocenters. The predicted octanol–water partition coefficient (Wildman–Crippen LogP) is 2.12. The molecule has 0 aliphatic carbocycles. The molecular formula is C20H23N5O4S. The fourth-order valence-corrected chi connectivity index (χ4v) is 4.23. The van der Waals surface area contributed by atoms with Crippen molar-refractivity contribution >= 4 is 16.9 Å². The van der Waals surface area contributed by atoms with Crippen LogP contribution in [0.5, 0.6) is 11.5 Å². The molecule has 0 bridgehead atoms. The molecule has 3 aromatic rings. The number of carbonyl (C=O) groups is 1. The number of rotatable bonds is 7. The van der Waals surface area contributed by atoms with Crippen molar-refractivity contribution in [1.82, 2.24) is 19.1 Å². The van der Waals surface area contributed by atoms with Gasteiger partial charge in [0.1, 0.15) is 22.5 Å². The van der Waals surface area contributed by atoms with Gasteiger partial charge in [0.05, 0.1) is 10.5 Å². The van der Waals surface area contributed by atoms with E-state index in [1.54, 1.807) is 16.4 Å². The van der Waals surface area contributed by atoms with Crippen molar-refractivity contribution < 1.29 is 19.2 Å². The second kappa shape index (κ2) is 8.64. The Morgan fingerprint density at radius 3 is 2.30 bits per heavy atom. The Labute approximate surface area is 176 Å². The van der Waals surface area contributed by atoms with E-state index in [0.717, 1.165) is 11.6 Å². The number of phenols is 2. The zero-order chi connectivity index (χ0) is 22.0. The minimum atomic E-state index is -1.66. The lowest BCUT2D eigenvalue weighted by Gasteiger charge is -2.18. The van der Waals surface area contributed by atoms with Crippen molar-refractivity contribution in [2.75, 3.05) is 13.1 Å². The molecule has 0 aliphatic rings. The average Bonchev–Trinajstić information content (AvgIpc) is 3.14. The van der Waals surface area contributed by atoms with Gasteiger partial charge in [0.25, 0.3) is 5.91 Å². The molecule has 0 saturated carbocycles. The van der Waals surface area contributed by atoms with Gasteiger partial charge in [0.2, 0.25) is 5.82 Å². The molecule has 0 fully saturated rings. The molecule has 0 spiro atoms. The van der Waals surface area contributed by atoms with E-state index in [0.29, 0.717) is 18.8 Å². The van der Waals surface area contributed by atoms with E-state index in [1.165, 1.54) is 10.6 Å². The molecule has 30 heavy (non-hydrogen) atoms. The molecule has 1 amide bonds. The zero-order valence-corrected chi connectivity index (χ0v) is 17.7. The van der Waals surface area contributed by atoms with Gasteiger partial charge in [-0.15, -0.1) is 10.2 Å². The summed E-state index contributed by atoms with van der Waals surface area (Å²) in [5.41, 5.74) is 7.20. The topological polar surface area (TPSA) is 135 Å². The largest absolute Gasteiger partial charge is 0.507 e. The lowest BCUT2D eigenvalue weighted by atomic mass is 10.1. The monoisotopic (exact) mass is 429 g/mol. The number of carbonyl (C=O) groups excluding carboxylic acids is 1. The van der Waals surface area contributed by atoms with Gasteiger partial charge in [0.15, 0.2) is 5.82 Å². The van der Waals surface area contributed by atoms with Crippen LogP contribution in [0.1, 0.15) is 30.0 Å². The highest BCUT2D eigenvalue weighted by molar-refractivity contribution is 7.82. The summed E-state index contributed by atoms with van der Waals surface area (Å²) in [6.45, 7) is 6.64. The Balaban J connectivity index is 2.23. The number of aromatic hydroxyl groups is 2. The molecule has 10 heteroatoms. The smallest absolute Gasteiger partial charge is 0.287 e. The summed E-state index contributed by atoms with van der Waals surface area (Å²) >= 11 is 0. The maximum atomic E-state index is 12.9. The lowest BCUT2D eigenvalue weighted by Crippen LogP contribution is -2.25. The number of aryl methyl sites for hydroxylation is 1. The number of amides is 1. The van der Waals surface area contributed by atoms with Crippen LogP contribution in [0.4, 0.5) is 0 Å². The van der Waals surface area contributed by atoms with E-state index in [4.69, 9.17) is 5.73 Å². The highest BCUT2D eigenvalue weighted by atomic mass is 32.2. The Morgan fingerprint density at radius 1 is 1.10 bits per heavy atom. The number of phenolic OH excluding ortho intramolecular Hbond substituents is 2. The number of hydrogen-bond acceptors (Lipinski definition) is 6. The second-order valence-corrected chi connectivity index (χ2v) is 8.04.